The van der Waals surface area contributed by atoms with Gasteiger partial charge in [-0.05, 0) is 56.0 Å². The van der Waals surface area contributed by atoms with Crippen molar-refractivity contribution in [3.05, 3.63) is 35.5 Å². The van der Waals surface area contributed by atoms with Gasteiger partial charge < -0.3 is 15.5 Å². The van der Waals surface area contributed by atoms with Crippen LogP contribution >= 0.6 is 0 Å². The normalized spacial score (nSPS) is 22.8. The summed E-state index contributed by atoms with van der Waals surface area (Å²) in [6.07, 6.45) is -1.93. The van der Waals surface area contributed by atoms with Crippen molar-refractivity contribution in [2.45, 2.75) is 38.4 Å². The maximum absolute atomic E-state index is 13.6. The third kappa shape index (κ3) is 4.69. The van der Waals surface area contributed by atoms with Gasteiger partial charge in [-0.15, -0.1) is 0 Å². The number of aryl methyl sites for hydroxylation is 1. The van der Waals surface area contributed by atoms with E-state index in [9.17, 15) is 26.7 Å². The van der Waals surface area contributed by atoms with Crippen molar-refractivity contribution in [2.75, 3.05) is 44.4 Å². The number of pyridine rings is 1. The summed E-state index contributed by atoms with van der Waals surface area (Å²) in [5.41, 5.74) is -0.681. The SMILES string of the molecule is Cc1ccnc2c(C(F)(F)F)ccc(N3CCC(NC(=O)C[C@H]4CCNCC4(CF)CF)C3)c12. The highest BCUT2D eigenvalue weighted by Gasteiger charge is 2.42. The summed E-state index contributed by atoms with van der Waals surface area (Å²) in [6, 6.07) is 4.01. The molecule has 5 nitrogen and oxygen atoms in total. The largest absolute Gasteiger partial charge is 0.418 e. The van der Waals surface area contributed by atoms with E-state index in [2.05, 4.69) is 15.6 Å². The molecule has 34 heavy (non-hydrogen) atoms. The van der Waals surface area contributed by atoms with Gasteiger partial charge in [-0.2, -0.15) is 13.2 Å². The zero-order chi connectivity index (χ0) is 24.5. The highest BCUT2D eigenvalue weighted by molar-refractivity contribution is 5.96. The van der Waals surface area contributed by atoms with E-state index in [0.29, 0.717) is 49.1 Å². The minimum Gasteiger partial charge on any atom is -0.369 e. The van der Waals surface area contributed by atoms with Crippen LogP contribution in [0.5, 0.6) is 0 Å². The van der Waals surface area contributed by atoms with Gasteiger partial charge in [-0.1, -0.05) is 0 Å². The molecule has 1 amide bonds. The predicted molar refractivity (Wildman–Crippen MR) is 120 cm³/mol. The number of carbonyl (C=O) groups excluding carboxylic acids is 1. The second-order valence-electron chi connectivity index (χ2n) is 9.48. The number of alkyl halides is 5. The van der Waals surface area contributed by atoms with E-state index >= 15 is 0 Å². The molecule has 1 aromatic carbocycles. The molecule has 2 fully saturated rings. The number of anilines is 1. The summed E-state index contributed by atoms with van der Waals surface area (Å²) < 4.78 is 67.8. The smallest absolute Gasteiger partial charge is 0.369 e. The second kappa shape index (κ2) is 9.64. The maximum Gasteiger partial charge on any atom is 0.418 e. The topological polar surface area (TPSA) is 57.3 Å². The lowest BCUT2D eigenvalue weighted by molar-refractivity contribution is -0.136. The summed E-state index contributed by atoms with van der Waals surface area (Å²) in [4.78, 5) is 18.7. The summed E-state index contributed by atoms with van der Waals surface area (Å²) in [5, 5.41) is 6.44. The second-order valence-corrected chi connectivity index (χ2v) is 9.48. The Balaban J connectivity index is 1.47. The number of carbonyl (C=O) groups is 1. The van der Waals surface area contributed by atoms with E-state index in [4.69, 9.17) is 0 Å². The van der Waals surface area contributed by atoms with Gasteiger partial charge in [0, 0.05) is 54.8 Å². The zero-order valence-corrected chi connectivity index (χ0v) is 19.0. The number of benzene rings is 1. The number of hydrogen-bond acceptors (Lipinski definition) is 4. The van der Waals surface area contributed by atoms with Gasteiger partial charge in [0.15, 0.2) is 0 Å². The van der Waals surface area contributed by atoms with Crippen LogP contribution in [-0.2, 0) is 11.0 Å². The molecule has 0 saturated carbocycles. The van der Waals surface area contributed by atoms with E-state index in [1.54, 1.807) is 13.0 Å². The van der Waals surface area contributed by atoms with Crippen LogP contribution in [0.15, 0.2) is 24.4 Å². The highest BCUT2D eigenvalue weighted by Crippen LogP contribution is 2.40. The average molecular weight is 485 g/mol. The minimum atomic E-state index is -4.51. The maximum atomic E-state index is 13.6. The van der Waals surface area contributed by atoms with Gasteiger partial charge in [-0.25, -0.2) is 0 Å². The van der Waals surface area contributed by atoms with Crippen LogP contribution in [0.4, 0.5) is 27.6 Å². The minimum absolute atomic E-state index is 0.0538. The van der Waals surface area contributed by atoms with Gasteiger partial charge in [0.2, 0.25) is 5.91 Å². The fourth-order valence-corrected chi connectivity index (χ4v) is 5.24. The van der Waals surface area contributed by atoms with Gasteiger partial charge in [0.1, 0.15) is 0 Å². The van der Waals surface area contributed by atoms with Gasteiger partial charge in [0.05, 0.1) is 24.4 Å². The molecule has 2 aliphatic rings. The monoisotopic (exact) mass is 484 g/mol. The van der Waals surface area contributed by atoms with Crippen molar-refractivity contribution < 1.29 is 26.7 Å². The number of hydrogen-bond donors (Lipinski definition) is 2. The van der Waals surface area contributed by atoms with Crippen LogP contribution in [0.3, 0.4) is 0 Å². The molecule has 0 spiro atoms. The summed E-state index contributed by atoms with van der Waals surface area (Å²) in [6.45, 7) is 1.94. The third-order valence-electron chi connectivity index (χ3n) is 7.25. The van der Waals surface area contributed by atoms with Gasteiger partial charge in [0.25, 0.3) is 0 Å². The Kier molecular flexibility index (Phi) is 6.98. The molecule has 186 valence electrons. The predicted octanol–water partition coefficient (Wildman–Crippen LogP) is 4.18. The van der Waals surface area contributed by atoms with E-state index in [1.807, 2.05) is 4.90 Å². The van der Waals surface area contributed by atoms with Crippen molar-refractivity contribution >= 4 is 22.5 Å². The highest BCUT2D eigenvalue weighted by atomic mass is 19.4. The van der Waals surface area contributed by atoms with Crippen molar-refractivity contribution in [1.82, 2.24) is 15.6 Å². The average Bonchev–Trinajstić information content (AvgIpc) is 3.26. The van der Waals surface area contributed by atoms with E-state index < -0.39 is 30.5 Å². The molecular formula is C24H29F5N4O. The summed E-state index contributed by atoms with van der Waals surface area (Å²) >= 11 is 0. The lowest BCUT2D eigenvalue weighted by atomic mass is 9.71. The van der Waals surface area contributed by atoms with Crippen molar-refractivity contribution in [3.63, 3.8) is 0 Å². The van der Waals surface area contributed by atoms with Crippen LogP contribution in [0.2, 0.25) is 0 Å². The molecule has 2 N–H and O–H groups in total. The molecule has 2 aromatic rings. The molecule has 1 unspecified atom stereocenters. The summed E-state index contributed by atoms with van der Waals surface area (Å²) in [7, 11) is 0. The van der Waals surface area contributed by atoms with Gasteiger partial charge in [-0.3, -0.25) is 18.6 Å². The molecule has 0 radical (unpaired) electrons. The molecule has 2 aliphatic heterocycles. The zero-order valence-electron chi connectivity index (χ0n) is 19.0. The van der Waals surface area contributed by atoms with Crippen LogP contribution in [0.25, 0.3) is 10.9 Å². The number of nitrogens with zero attached hydrogens (tertiary/aromatic N) is 2. The van der Waals surface area contributed by atoms with Crippen molar-refractivity contribution in [1.29, 1.82) is 0 Å². The fraction of sp³-hybridized carbons (Fsp3) is 0.583. The number of piperidine rings is 1. The first-order valence-electron chi connectivity index (χ1n) is 11.5. The summed E-state index contributed by atoms with van der Waals surface area (Å²) in [5.74, 6) is -0.631. The fourth-order valence-electron chi connectivity index (χ4n) is 5.24. The number of aromatic nitrogens is 1. The van der Waals surface area contributed by atoms with Crippen LogP contribution in [0, 0.1) is 18.3 Å². The lowest BCUT2D eigenvalue weighted by Gasteiger charge is -2.40. The third-order valence-corrected chi connectivity index (χ3v) is 7.25. The van der Waals surface area contributed by atoms with E-state index in [-0.39, 0.29) is 36.3 Å². The molecule has 0 aliphatic carbocycles. The first kappa shape index (κ1) is 24.6. The van der Waals surface area contributed by atoms with Gasteiger partial charge >= 0.3 is 6.18 Å². The molecule has 2 saturated heterocycles. The van der Waals surface area contributed by atoms with Crippen LogP contribution in [-0.4, -0.2) is 56.5 Å². The Labute approximate surface area is 195 Å². The standard InChI is InChI=1S/C24H29F5N4O/c1-15-4-8-31-22-18(24(27,28)29)2-3-19(21(15)22)33-9-6-17(11-33)32-20(34)10-16-5-7-30-14-23(16,12-25)13-26/h2-4,8,16-17,30H,5-7,9-14H2,1H3,(H,32,34)/t16-,17?/m1/s1. The quantitative estimate of drug-likeness (QED) is 0.604. The van der Waals surface area contributed by atoms with E-state index in [1.165, 1.54) is 12.3 Å². The molecule has 1 aromatic heterocycles. The van der Waals surface area contributed by atoms with Crippen LogP contribution < -0.4 is 15.5 Å². The Hall–Kier alpha value is -2.49. The molecule has 4 rings (SSSR count). The molecule has 2 atom stereocenters. The number of fused-ring (bicyclic) bond motifs is 1. The molecule has 0 bridgehead atoms. The first-order chi connectivity index (χ1) is 16.2. The Bertz CT molecular complexity index is 1040. The molecule has 3 heterocycles. The number of amides is 1. The Morgan fingerprint density at radius 3 is 2.71 bits per heavy atom. The number of halogens is 5. The first-order valence-corrected chi connectivity index (χ1v) is 11.5. The number of nitrogens with one attached hydrogen (secondary N) is 2. The number of rotatable bonds is 6. The lowest BCUT2D eigenvalue weighted by Crippen LogP contribution is -2.51. The Morgan fingerprint density at radius 2 is 2.00 bits per heavy atom. The van der Waals surface area contributed by atoms with Crippen molar-refractivity contribution in [2.24, 2.45) is 11.3 Å². The molecule has 10 heteroatoms. The van der Waals surface area contributed by atoms with E-state index in [0.717, 1.165) is 6.07 Å². The van der Waals surface area contributed by atoms with Crippen LogP contribution in [0.1, 0.15) is 30.4 Å². The Morgan fingerprint density at radius 1 is 1.24 bits per heavy atom. The molecular weight excluding hydrogens is 455 g/mol. The van der Waals surface area contributed by atoms with Crippen molar-refractivity contribution in [3.8, 4) is 0 Å².